The average molecular weight is 214 g/mol. The largest absolute Gasteiger partial charge is 0.480 e. The van der Waals surface area contributed by atoms with Crippen LogP contribution in [0.5, 0.6) is 0 Å². The van der Waals surface area contributed by atoms with Crippen molar-refractivity contribution in [3.63, 3.8) is 0 Å². The van der Waals surface area contributed by atoms with Crippen LogP contribution in [0.2, 0.25) is 0 Å². The molecule has 1 aliphatic heterocycles. The van der Waals surface area contributed by atoms with Crippen LogP contribution in [0.1, 0.15) is 27.2 Å². The lowest BCUT2D eigenvalue weighted by molar-refractivity contribution is -0.143. The fourth-order valence-corrected chi connectivity index (χ4v) is 1.66. The van der Waals surface area contributed by atoms with Crippen molar-refractivity contribution in [3.8, 4) is 0 Å². The highest BCUT2D eigenvalue weighted by atomic mass is 16.4. The smallest absolute Gasteiger partial charge is 0.325 e. The molecule has 1 atom stereocenters. The Morgan fingerprint density at radius 1 is 1.40 bits per heavy atom. The summed E-state index contributed by atoms with van der Waals surface area (Å²) >= 11 is 0. The summed E-state index contributed by atoms with van der Waals surface area (Å²) in [7, 11) is 0. The zero-order valence-corrected chi connectivity index (χ0v) is 9.41. The standard InChI is InChI=1S/C10H18N2O3/c1-9(2,3)7(13)12-5-4-10(11,6-12)8(14)15/h4-6,11H2,1-3H3,(H,14,15). The zero-order chi connectivity index (χ0) is 11.9. The first-order chi connectivity index (χ1) is 6.67. The highest BCUT2D eigenvalue weighted by Crippen LogP contribution is 2.25. The lowest BCUT2D eigenvalue weighted by atomic mass is 9.94. The van der Waals surface area contributed by atoms with Crippen molar-refractivity contribution in [2.75, 3.05) is 13.1 Å². The minimum atomic E-state index is -1.26. The number of carboxylic acids is 1. The van der Waals surface area contributed by atoms with E-state index in [9.17, 15) is 9.59 Å². The summed E-state index contributed by atoms with van der Waals surface area (Å²) in [4.78, 5) is 24.3. The van der Waals surface area contributed by atoms with E-state index in [4.69, 9.17) is 10.8 Å². The van der Waals surface area contributed by atoms with Gasteiger partial charge in [-0.1, -0.05) is 20.8 Å². The van der Waals surface area contributed by atoms with E-state index in [1.54, 1.807) is 0 Å². The van der Waals surface area contributed by atoms with E-state index in [0.717, 1.165) is 0 Å². The van der Waals surface area contributed by atoms with Gasteiger partial charge < -0.3 is 15.7 Å². The highest BCUT2D eigenvalue weighted by molar-refractivity contribution is 5.85. The number of nitrogens with zero attached hydrogens (tertiary/aromatic N) is 1. The minimum Gasteiger partial charge on any atom is -0.480 e. The third-order valence-electron chi connectivity index (χ3n) is 2.66. The molecule has 1 heterocycles. The number of rotatable bonds is 1. The van der Waals surface area contributed by atoms with Gasteiger partial charge in [0.2, 0.25) is 5.91 Å². The van der Waals surface area contributed by atoms with Gasteiger partial charge in [-0.15, -0.1) is 0 Å². The number of hydrogen-bond donors (Lipinski definition) is 2. The number of carbonyl (C=O) groups excluding carboxylic acids is 1. The van der Waals surface area contributed by atoms with Crippen LogP contribution >= 0.6 is 0 Å². The van der Waals surface area contributed by atoms with E-state index in [1.807, 2.05) is 20.8 Å². The average Bonchev–Trinajstić information content (AvgIpc) is 2.46. The van der Waals surface area contributed by atoms with Crippen LogP contribution in [0.4, 0.5) is 0 Å². The van der Waals surface area contributed by atoms with Crippen LogP contribution in [0, 0.1) is 5.41 Å². The monoisotopic (exact) mass is 214 g/mol. The Kier molecular flexibility index (Phi) is 2.78. The van der Waals surface area contributed by atoms with Crippen molar-refractivity contribution in [2.24, 2.45) is 11.1 Å². The molecule has 0 spiro atoms. The van der Waals surface area contributed by atoms with Crippen LogP contribution in [0.3, 0.4) is 0 Å². The van der Waals surface area contributed by atoms with Crippen molar-refractivity contribution in [1.82, 2.24) is 4.90 Å². The van der Waals surface area contributed by atoms with Crippen molar-refractivity contribution in [1.29, 1.82) is 0 Å². The molecular weight excluding hydrogens is 196 g/mol. The van der Waals surface area contributed by atoms with Gasteiger partial charge in [-0.2, -0.15) is 0 Å². The number of carbonyl (C=O) groups is 2. The topological polar surface area (TPSA) is 83.6 Å². The molecule has 0 bridgehead atoms. The molecule has 1 amide bonds. The van der Waals surface area contributed by atoms with Gasteiger partial charge in [0.1, 0.15) is 5.54 Å². The summed E-state index contributed by atoms with van der Waals surface area (Å²) in [5.74, 6) is -1.08. The summed E-state index contributed by atoms with van der Waals surface area (Å²) in [6.07, 6.45) is 0.324. The Bertz CT molecular complexity index is 296. The molecule has 0 aromatic heterocycles. The first kappa shape index (κ1) is 12.0. The van der Waals surface area contributed by atoms with Gasteiger partial charge in [-0.25, -0.2) is 0 Å². The second-order valence-electron chi connectivity index (χ2n) is 5.19. The lowest BCUT2D eigenvalue weighted by Gasteiger charge is -2.26. The Balaban J connectivity index is 2.73. The molecule has 0 aliphatic carbocycles. The van der Waals surface area contributed by atoms with Gasteiger partial charge >= 0.3 is 5.97 Å². The molecule has 1 aliphatic rings. The van der Waals surface area contributed by atoms with E-state index in [2.05, 4.69) is 0 Å². The maximum atomic E-state index is 11.9. The molecule has 0 aromatic carbocycles. The van der Waals surface area contributed by atoms with Crippen LogP contribution in [-0.4, -0.2) is 40.5 Å². The Labute approximate surface area is 89.2 Å². The molecule has 1 unspecified atom stereocenters. The molecule has 86 valence electrons. The zero-order valence-electron chi connectivity index (χ0n) is 9.41. The molecule has 3 N–H and O–H groups in total. The second kappa shape index (κ2) is 3.48. The van der Waals surface area contributed by atoms with Crippen molar-refractivity contribution < 1.29 is 14.7 Å². The third kappa shape index (κ3) is 2.28. The molecule has 1 saturated heterocycles. The number of hydrogen-bond acceptors (Lipinski definition) is 3. The maximum absolute atomic E-state index is 11.9. The van der Waals surface area contributed by atoms with Crippen LogP contribution < -0.4 is 5.73 Å². The van der Waals surface area contributed by atoms with E-state index in [1.165, 1.54) is 4.90 Å². The number of amides is 1. The fraction of sp³-hybridized carbons (Fsp3) is 0.800. The van der Waals surface area contributed by atoms with Gasteiger partial charge in [0, 0.05) is 18.5 Å². The maximum Gasteiger partial charge on any atom is 0.325 e. The van der Waals surface area contributed by atoms with Gasteiger partial charge in [0.15, 0.2) is 0 Å². The first-order valence-corrected chi connectivity index (χ1v) is 4.98. The van der Waals surface area contributed by atoms with Gasteiger partial charge in [-0.05, 0) is 6.42 Å². The normalized spacial score (nSPS) is 26.8. The summed E-state index contributed by atoms with van der Waals surface area (Å²) in [6, 6.07) is 0. The number of carboxylic acid groups (broad SMARTS) is 1. The summed E-state index contributed by atoms with van der Waals surface area (Å²) < 4.78 is 0. The Hall–Kier alpha value is -1.10. The van der Waals surface area contributed by atoms with Crippen molar-refractivity contribution in [3.05, 3.63) is 0 Å². The molecule has 5 heteroatoms. The lowest BCUT2D eigenvalue weighted by Crippen LogP contribution is -2.51. The second-order valence-corrected chi connectivity index (χ2v) is 5.19. The minimum absolute atomic E-state index is 0.0453. The summed E-state index contributed by atoms with van der Waals surface area (Å²) in [6.45, 7) is 5.98. The third-order valence-corrected chi connectivity index (χ3v) is 2.66. The Morgan fingerprint density at radius 3 is 2.27 bits per heavy atom. The van der Waals surface area contributed by atoms with Crippen LogP contribution in [-0.2, 0) is 9.59 Å². The van der Waals surface area contributed by atoms with E-state index >= 15 is 0 Å². The SMILES string of the molecule is CC(C)(C)C(=O)N1CCC(N)(C(=O)O)C1. The molecule has 5 nitrogen and oxygen atoms in total. The van der Waals surface area contributed by atoms with Gasteiger partial charge in [0.05, 0.1) is 0 Å². The molecule has 1 rings (SSSR count). The number of aliphatic carboxylic acids is 1. The van der Waals surface area contributed by atoms with Gasteiger partial charge in [-0.3, -0.25) is 9.59 Å². The Morgan fingerprint density at radius 2 is 1.93 bits per heavy atom. The predicted molar refractivity (Wildman–Crippen MR) is 55.2 cm³/mol. The van der Waals surface area contributed by atoms with Crippen molar-refractivity contribution in [2.45, 2.75) is 32.7 Å². The molecule has 1 fully saturated rings. The highest BCUT2D eigenvalue weighted by Gasteiger charge is 2.44. The quantitative estimate of drug-likeness (QED) is 0.646. The first-order valence-electron chi connectivity index (χ1n) is 4.98. The fourth-order valence-electron chi connectivity index (χ4n) is 1.66. The van der Waals surface area contributed by atoms with Gasteiger partial charge in [0.25, 0.3) is 0 Å². The molecule has 0 radical (unpaired) electrons. The molecule has 15 heavy (non-hydrogen) atoms. The van der Waals surface area contributed by atoms with Crippen molar-refractivity contribution >= 4 is 11.9 Å². The number of nitrogens with two attached hydrogens (primary N) is 1. The van der Waals surface area contributed by atoms with Crippen LogP contribution in [0.25, 0.3) is 0 Å². The molecule has 0 saturated carbocycles. The van der Waals surface area contributed by atoms with E-state index in [-0.39, 0.29) is 12.5 Å². The summed E-state index contributed by atoms with van der Waals surface area (Å²) in [5.41, 5.74) is 3.93. The molecular formula is C10H18N2O3. The summed E-state index contributed by atoms with van der Waals surface area (Å²) in [5, 5.41) is 8.91. The molecule has 0 aromatic rings. The predicted octanol–water partition coefficient (Wildman–Crippen LogP) is 0.0469. The number of likely N-dealkylation sites (tertiary alicyclic amines) is 1. The van der Waals surface area contributed by atoms with E-state index < -0.39 is 16.9 Å². The van der Waals surface area contributed by atoms with E-state index in [0.29, 0.717) is 13.0 Å². The van der Waals surface area contributed by atoms with Crippen LogP contribution in [0.15, 0.2) is 0 Å².